The Hall–Kier alpha value is -1.26. The lowest BCUT2D eigenvalue weighted by Gasteiger charge is -2.41. The Morgan fingerprint density at radius 1 is 1.05 bits per heavy atom. The molecule has 0 radical (unpaired) electrons. The van der Waals surface area contributed by atoms with Crippen LogP contribution < -0.4 is 0 Å². The minimum atomic E-state index is -0.777. The average Bonchev–Trinajstić information content (AvgIpc) is 3.06. The zero-order chi connectivity index (χ0) is 15.0. The molecule has 1 saturated carbocycles. The molecule has 1 N–H and O–H groups in total. The molecule has 2 atom stereocenters. The monoisotopic (exact) mass is 294 g/mol. The highest BCUT2D eigenvalue weighted by Gasteiger charge is 2.42. The number of carboxylic acids is 1. The van der Waals surface area contributed by atoms with Crippen LogP contribution in [0, 0.1) is 11.3 Å². The van der Waals surface area contributed by atoms with Crippen LogP contribution in [0.25, 0.3) is 0 Å². The third-order valence-corrected chi connectivity index (χ3v) is 6.08. The molecule has 0 aromatic carbocycles. The Balaban J connectivity index is 1.58. The van der Waals surface area contributed by atoms with E-state index in [1.807, 2.05) is 11.8 Å². The minimum absolute atomic E-state index is 0.0547. The van der Waals surface area contributed by atoms with Crippen LogP contribution in [0.2, 0.25) is 0 Å². The van der Waals surface area contributed by atoms with Gasteiger partial charge in [-0.2, -0.15) is 0 Å². The summed E-state index contributed by atoms with van der Waals surface area (Å²) in [6.07, 6.45) is 8.19. The summed E-state index contributed by atoms with van der Waals surface area (Å²) in [7, 11) is 0. The van der Waals surface area contributed by atoms with Gasteiger partial charge in [-0.1, -0.05) is 12.8 Å². The third-order valence-electron chi connectivity index (χ3n) is 6.08. The Morgan fingerprint density at radius 2 is 1.67 bits per heavy atom. The molecule has 2 saturated heterocycles. The van der Waals surface area contributed by atoms with Gasteiger partial charge in [-0.25, -0.2) is 4.79 Å². The summed E-state index contributed by atoms with van der Waals surface area (Å²) in [5.74, 6) is -1.18. The van der Waals surface area contributed by atoms with E-state index in [1.165, 1.54) is 25.7 Å². The van der Waals surface area contributed by atoms with Gasteiger partial charge in [-0.15, -0.1) is 0 Å². The first-order valence-corrected chi connectivity index (χ1v) is 8.31. The number of carbonyl (C=O) groups excluding carboxylic acids is 1. The molecule has 5 heteroatoms. The molecule has 2 amide bonds. The van der Waals surface area contributed by atoms with Gasteiger partial charge in [-0.05, 0) is 44.4 Å². The maximum atomic E-state index is 12.6. The van der Waals surface area contributed by atoms with Gasteiger partial charge in [0.1, 0.15) is 0 Å². The van der Waals surface area contributed by atoms with Crippen molar-refractivity contribution in [2.75, 3.05) is 19.6 Å². The fourth-order valence-electron chi connectivity index (χ4n) is 4.52. The van der Waals surface area contributed by atoms with Crippen molar-refractivity contribution in [2.45, 2.75) is 57.9 Å². The molecule has 1 aliphatic carbocycles. The van der Waals surface area contributed by atoms with Gasteiger partial charge in [0.25, 0.3) is 0 Å². The molecule has 1 spiro atoms. The third kappa shape index (κ3) is 2.62. The highest BCUT2D eigenvalue weighted by molar-refractivity contribution is 5.78. The van der Waals surface area contributed by atoms with E-state index in [4.69, 9.17) is 0 Å². The quantitative estimate of drug-likeness (QED) is 0.808. The number of likely N-dealkylation sites (tertiary alicyclic amines) is 2. The van der Waals surface area contributed by atoms with Crippen LogP contribution in [0.4, 0.5) is 4.79 Å². The summed E-state index contributed by atoms with van der Waals surface area (Å²) in [6.45, 7) is 4.14. The molecule has 2 aliphatic heterocycles. The van der Waals surface area contributed by atoms with Crippen LogP contribution in [0.15, 0.2) is 0 Å². The van der Waals surface area contributed by atoms with E-state index in [1.54, 1.807) is 4.90 Å². The minimum Gasteiger partial charge on any atom is -0.481 e. The van der Waals surface area contributed by atoms with Gasteiger partial charge in [0.2, 0.25) is 0 Å². The van der Waals surface area contributed by atoms with Gasteiger partial charge in [0.15, 0.2) is 0 Å². The normalized spacial score (nSPS) is 31.9. The second-order valence-electron chi connectivity index (χ2n) is 7.14. The second-order valence-corrected chi connectivity index (χ2v) is 7.14. The van der Waals surface area contributed by atoms with Gasteiger partial charge in [0.05, 0.1) is 5.92 Å². The van der Waals surface area contributed by atoms with E-state index in [9.17, 15) is 14.7 Å². The molecule has 21 heavy (non-hydrogen) atoms. The van der Waals surface area contributed by atoms with E-state index in [2.05, 4.69) is 0 Å². The van der Waals surface area contributed by atoms with Crippen LogP contribution in [0.3, 0.4) is 0 Å². The van der Waals surface area contributed by atoms with Crippen LogP contribution in [-0.4, -0.2) is 52.6 Å². The van der Waals surface area contributed by atoms with E-state index >= 15 is 0 Å². The second kappa shape index (κ2) is 5.50. The molecule has 3 fully saturated rings. The Kier molecular flexibility index (Phi) is 3.84. The average molecular weight is 294 g/mol. The molecule has 3 rings (SSSR count). The van der Waals surface area contributed by atoms with E-state index in [-0.39, 0.29) is 12.1 Å². The van der Waals surface area contributed by atoms with E-state index < -0.39 is 11.9 Å². The molecular weight excluding hydrogens is 268 g/mol. The Morgan fingerprint density at radius 3 is 2.19 bits per heavy atom. The van der Waals surface area contributed by atoms with Crippen LogP contribution >= 0.6 is 0 Å². The molecule has 2 heterocycles. The molecule has 3 aliphatic rings. The first kappa shape index (κ1) is 14.7. The van der Waals surface area contributed by atoms with Crippen molar-refractivity contribution >= 4 is 12.0 Å². The summed E-state index contributed by atoms with van der Waals surface area (Å²) >= 11 is 0. The molecule has 2 unspecified atom stereocenters. The van der Waals surface area contributed by atoms with E-state index in [0.29, 0.717) is 18.4 Å². The first-order chi connectivity index (χ1) is 10.0. The SMILES string of the molecule is CC1C(C(=O)O)CCN1C(=O)N1CCC2(CCCC2)CC1. The number of piperidine rings is 1. The first-order valence-electron chi connectivity index (χ1n) is 8.31. The number of hydrogen-bond acceptors (Lipinski definition) is 2. The Bertz CT molecular complexity index is 421. The summed E-state index contributed by atoms with van der Waals surface area (Å²) < 4.78 is 0. The number of urea groups is 1. The summed E-state index contributed by atoms with van der Waals surface area (Å²) in [5.41, 5.74) is 0.511. The van der Waals surface area contributed by atoms with E-state index in [0.717, 1.165) is 25.9 Å². The largest absolute Gasteiger partial charge is 0.481 e. The lowest BCUT2D eigenvalue weighted by atomic mass is 9.77. The molecule has 118 valence electrons. The summed E-state index contributed by atoms with van der Waals surface area (Å²) in [5, 5.41) is 9.18. The number of carboxylic acid groups (broad SMARTS) is 1. The van der Waals surface area contributed by atoms with Crippen molar-refractivity contribution in [1.82, 2.24) is 9.80 Å². The number of hydrogen-bond donors (Lipinski definition) is 1. The fourth-order valence-corrected chi connectivity index (χ4v) is 4.52. The highest BCUT2D eigenvalue weighted by Crippen LogP contribution is 2.46. The van der Waals surface area contributed by atoms with Crippen molar-refractivity contribution in [1.29, 1.82) is 0 Å². The van der Waals surface area contributed by atoms with Gasteiger partial charge >= 0.3 is 12.0 Å². The number of amides is 2. The van der Waals surface area contributed by atoms with Crippen molar-refractivity contribution in [3.8, 4) is 0 Å². The van der Waals surface area contributed by atoms with Gasteiger partial charge < -0.3 is 14.9 Å². The maximum absolute atomic E-state index is 12.6. The maximum Gasteiger partial charge on any atom is 0.320 e. The highest BCUT2D eigenvalue weighted by atomic mass is 16.4. The van der Waals surface area contributed by atoms with Crippen LogP contribution in [-0.2, 0) is 4.79 Å². The molecule has 0 aromatic heterocycles. The summed E-state index contributed by atoms with van der Waals surface area (Å²) in [6, 6.07) is -0.128. The predicted molar refractivity (Wildman–Crippen MR) is 79.0 cm³/mol. The zero-order valence-corrected chi connectivity index (χ0v) is 12.9. The van der Waals surface area contributed by atoms with Crippen molar-refractivity contribution < 1.29 is 14.7 Å². The standard InChI is InChI=1S/C16H26N2O3/c1-12-13(14(19)20)4-9-18(12)15(21)17-10-7-16(8-11-17)5-2-3-6-16/h12-13H,2-11H2,1H3,(H,19,20). The van der Waals surface area contributed by atoms with Crippen LogP contribution in [0.5, 0.6) is 0 Å². The lowest BCUT2D eigenvalue weighted by Crippen LogP contribution is -2.50. The van der Waals surface area contributed by atoms with Gasteiger partial charge in [-0.3, -0.25) is 4.79 Å². The van der Waals surface area contributed by atoms with Crippen molar-refractivity contribution in [3.05, 3.63) is 0 Å². The van der Waals surface area contributed by atoms with Gasteiger partial charge in [0, 0.05) is 25.7 Å². The number of rotatable bonds is 1. The topological polar surface area (TPSA) is 60.9 Å². The smallest absolute Gasteiger partial charge is 0.320 e. The fraction of sp³-hybridized carbons (Fsp3) is 0.875. The molecule has 5 nitrogen and oxygen atoms in total. The molecular formula is C16H26N2O3. The molecule has 0 bridgehead atoms. The summed E-state index contributed by atoms with van der Waals surface area (Å²) in [4.78, 5) is 27.5. The number of nitrogens with zero attached hydrogens (tertiary/aromatic N) is 2. The van der Waals surface area contributed by atoms with Crippen LogP contribution in [0.1, 0.15) is 51.9 Å². The zero-order valence-electron chi connectivity index (χ0n) is 12.9. The molecule has 0 aromatic rings. The predicted octanol–water partition coefficient (Wildman–Crippen LogP) is 2.56. The number of carbonyl (C=O) groups is 2. The number of aliphatic carboxylic acids is 1. The Labute approximate surface area is 126 Å². The van der Waals surface area contributed by atoms with Crippen molar-refractivity contribution in [2.24, 2.45) is 11.3 Å². The lowest BCUT2D eigenvalue weighted by molar-refractivity contribution is -0.142. The van der Waals surface area contributed by atoms with Crippen molar-refractivity contribution in [3.63, 3.8) is 0 Å².